The molecule has 0 saturated carbocycles. The Morgan fingerprint density at radius 3 is 2.74 bits per heavy atom. The molecule has 0 aliphatic carbocycles. The van der Waals surface area contributed by atoms with E-state index < -0.39 is 5.97 Å². The zero-order chi connectivity index (χ0) is 14.0. The Hall–Kier alpha value is -1.40. The number of carbonyl (C=O) groups excluding carboxylic acids is 2. The molecule has 0 bridgehead atoms. The maximum absolute atomic E-state index is 12.4. The molecule has 2 atom stereocenters. The van der Waals surface area contributed by atoms with E-state index in [1.165, 1.54) is 7.11 Å². The average molecular weight is 283 g/mol. The molecule has 19 heavy (non-hydrogen) atoms. The van der Waals surface area contributed by atoms with E-state index in [0.717, 1.165) is 11.3 Å². The lowest BCUT2D eigenvalue weighted by Gasteiger charge is -2.36. The third kappa shape index (κ3) is 2.96. The molecular weight excluding hydrogens is 266 g/mol. The first-order valence-electron chi connectivity index (χ1n) is 6.13. The topological polar surface area (TPSA) is 55.8 Å². The Morgan fingerprint density at radius 2 is 2.05 bits per heavy atom. The van der Waals surface area contributed by atoms with Gasteiger partial charge in [-0.1, -0.05) is 0 Å². The first kappa shape index (κ1) is 14.0. The lowest BCUT2D eigenvalue weighted by atomic mass is 10.2. The highest BCUT2D eigenvalue weighted by Gasteiger charge is 2.29. The molecule has 1 aliphatic heterocycles. The van der Waals surface area contributed by atoms with Gasteiger partial charge in [-0.15, -0.1) is 11.3 Å². The number of nitrogens with zero attached hydrogens (tertiary/aromatic N) is 1. The lowest BCUT2D eigenvalue weighted by molar-refractivity contribution is -0.0385. The van der Waals surface area contributed by atoms with Crippen LogP contribution in [0.1, 0.15) is 33.2 Å². The van der Waals surface area contributed by atoms with E-state index in [1.807, 2.05) is 13.8 Å². The summed E-state index contributed by atoms with van der Waals surface area (Å²) in [5.74, 6) is -0.463. The van der Waals surface area contributed by atoms with Crippen LogP contribution in [0.25, 0.3) is 0 Å². The highest BCUT2D eigenvalue weighted by molar-refractivity contribution is 7.15. The zero-order valence-corrected chi connectivity index (χ0v) is 12.0. The zero-order valence-electron chi connectivity index (χ0n) is 11.2. The van der Waals surface area contributed by atoms with Crippen molar-refractivity contribution in [1.29, 1.82) is 0 Å². The molecule has 1 saturated heterocycles. The third-order valence-corrected chi connectivity index (χ3v) is 4.13. The van der Waals surface area contributed by atoms with E-state index in [0.29, 0.717) is 22.9 Å². The summed E-state index contributed by atoms with van der Waals surface area (Å²) in [6.45, 7) is 5.02. The molecule has 2 rings (SSSR count). The summed E-state index contributed by atoms with van der Waals surface area (Å²) in [6, 6.07) is 3.34. The number of thiophene rings is 1. The molecule has 1 aromatic heterocycles. The van der Waals surface area contributed by atoms with Crippen LogP contribution in [0, 0.1) is 0 Å². The van der Waals surface area contributed by atoms with Crippen LogP contribution in [0.15, 0.2) is 12.1 Å². The Kier molecular flexibility index (Phi) is 4.21. The third-order valence-electron chi connectivity index (χ3n) is 3.07. The van der Waals surface area contributed by atoms with Crippen LogP contribution >= 0.6 is 11.3 Å². The second-order valence-corrected chi connectivity index (χ2v) is 5.69. The van der Waals surface area contributed by atoms with Gasteiger partial charge in [0.15, 0.2) is 0 Å². The van der Waals surface area contributed by atoms with Crippen LogP contribution in [-0.2, 0) is 9.47 Å². The van der Waals surface area contributed by atoms with Crippen molar-refractivity contribution in [3.63, 3.8) is 0 Å². The van der Waals surface area contributed by atoms with Crippen LogP contribution in [0.4, 0.5) is 0 Å². The number of rotatable bonds is 2. The normalized spacial score (nSPS) is 23.2. The smallest absolute Gasteiger partial charge is 0.348 e. The molecule has 0 N–H and O–H groups in total. The van der Waals surface area contributed by atoms with Gasteiger partial charge in [-0.05, 0) is 26.0 Å². The Balaban J connectivity index is 2.14. The summed E-state index contributed by atoms with van der Waals surface area (Å²) in [6.07, 6.45) is 0.0418. The lowest BCUT2D eigenvalue weighted by Crippen LogP contribution is -2.50. The number of morpholine rings is 1. The van der Waals surface area contributed by atoms with Crippen LogP contribution in [0.3, 0.4) is 0 Å². The van der Waals surface area contributed by atoms with E-state index in [9.17, 15) is 9.59 Å². The van der Waals surface area contributed by atoms with Gasteiger partial charge < -0.3 is 14.4 Å². The Morgan fingerprint density at radius 1 is 1.37 bits per heavy atom. The van der Waals surface area contributed by atoms with E-state index >= 15 is 0 Å². The number of methoxy groups -OCH3 is 1. The van der Waals surface area contributed by atoms with Crippen molar-refractivity contribution in [3.05, 3.63) is 21.9 Å². The number of amides is 1. The quantitative estimate of drug-likeness (QED) is 0.776. The van der Waals surface area contributed by atoms with Crippen LogP contribution in [0.2, 0.25) is 0 Å². The van der Waals surface area contributed by atoms with Crippen LogP contribution in [0.5, 0.6) is 0 Å². The largest absolute Gasteiger partial charge is 0.465 e. The van der Waals surface area contributed by atoms with Gasteiger partial charge in [-0.25, -0.2) is 4.79 Å². The van der Waals surface area contributed by atoms with Gasteiger partial charge in [-0.3, -0.25) is 4.79 Å². The predicted octanol–water partition coefficient (Wildman–Crippen LogP) is 1.78. The average Bonchev–Trinajstić information content (AvgIpc) is 2.89. The molecule has 2 heterocycles. The van der Waals surface area contributed by atoms with E-state index in [-0.39, 0.29) is 18.1 Å². The first-order chi connectivity index (χ1) is 9.02. The fraction of sp³-hybridized carbons (Fsp3) is 0.538. The molecule has 1 aliphatic rings. The molecular formula is C13H17NO4S. The maximum atomic E-state index is 12.4. The summed E-state index contributed by atoms with van der Waals surface area (Å²) < 4.78 is 10.1. The van der Waals surface area contributed by atoms with Crippen molar-refractivity contribution in [1.82, 2.24) is 4.90 Å². The minimum atomic E-state index is -0.410. The van der Waals surface area contributed by atoms with Gasteiger partial charge >= 0.3 is 5.97 Å². The minimum Gasteiger partial charge on any atom is -0.465 e. The maximum Gasteiger partial charge on any atom is 0.348 e. The molecule has 6 heteroatoms. The van der Waals surface area contributed by atoms with Crippen LogP contribution in [-0.4, -0.2) is 49.2 Å². The van der Waals surface area contributed by atoms with Crippen molar-refractivity contribution < 1.29 is 19.1 Å². The van der Waals surface area contributed by atoms with Gasteiger partial charge in [0, 0.05) is 6.54 Å². The molecule has 0 unspecified atom stereocenters. The van der Waals surface area contributed by atoms with Gasteiger partial charge in [0.2, 0.25) is 0 Å². The van der Waals surface area contributed by atoms with Gasteiger partial charge in [0.1, 0.15) is 4.88 Å². The van der Waals surface area contributed by atoms with Crippen molar-refractivity contribution in [2.24, 2.45) is 0 Å². The fourth-order valence-corrected chi connectivity index (χ4v) is 2.87. The molecule has 1 fully saturated rings. The van der Waals surface area contributed by atoms with Crippen molar-refractivity contribution in [3.8, 4) is 0 Å². The number of hydrogen-bond acceptors (Lipinski definition) is 5. The number of carbonyl (C=O) groups is 2. The minimum absolute atomic E-state index is 0.0418. The SMILES string of the molecule is COC(=O)c1ccc(C(=O)N2C[C@H](C)OC[C@@H]2C)s1. The molecule has 0 spiro atoms. The summed E-state index contributed by atoms with van der Waals surface area (Å²) in [7, 11) is 1.33. The number of esters is 1. The number of ether oxygens (including phenoxy) is 2. The monoisotopic (exact) mass is 283 g/mol. The molecule has 0 aromatic carbocycles. The Bertz CT molecular complexity index is 485. The highest BCUT2D eigenvalue weighted by atomic mass is 32.1. The van der Waals surface area contributed by atoms with E-state index in [1.54, 1.807) is 17.0 Å². The standard InChI is InChI=1S/C13H17NO4S/c1-8-7-18-9(2)6-14(8)12(15)10-4-5-11(19-10)13(16)17-3/h4-5,8-9H,6-7H2,1-3H3/t8-,9-/m0/s1. The molecule has 104 valence electrons. The van der Waals surface area contributed by atoms with E-state index in [4.69, 9.17) is 4.74 Å². The molecule has 5 nitrogen and oxygen atoms in total. The van der Waals surface area contributed by atoms with Crippen molar-refractivity contribution in [2.45, 2.75) is 26.0 Å². The second-order valence-electron chi connectivity index (χ2n) is 4.61. The number of hydrogen-bond donors (Lipinski definition) is 0. The van der Waals surface area contributed by atoms with E-state index in [2.05, 4.69) is 4.74 Å². The van der Waals surface area contributed by atoms with Gasteiger partial charge in [-0.2, -0.15) is 0 Å². The summed E-state index contributed by atoms with van der Waals surface area (Å²) >= 11 is 1.16. The Labute approximate surface area is 116 Å². The summed E-state index contributed by atoms with van der Waals surface area (Å²) in [5.41, 5.74) is 0. The van der Waals surface area contributed by atoms with Gasteiger partial charge in [0.25, 0.3) is 5.91 Å². The van der Waals surface area contributed by atoms with Crippen molar-refractivity contribution >= 4 is 23.2 Å². The van der Waals surface area contributed by atoms with Crippen LogP contribution < -0.4 is 0 Å². The second kappa shape index (κ2) is 5.71. The molecule has 0 radical (unpaired) electrons. The molecule has 1 aromatic rings. The highest BCUT2D eigenvalue weighted by Crippen LogP contribution is 2.22. The van der Waals surface area contributed by atoms with Gasteiger partial charge in [0.05, 0.1) is 30.7 Å². The molecule has 1 amide bonds. The predicted molar refractivity (Wildman–Crippen MR) is 71.6 cm³/mol. The van der Waals surface area contributed by atoms with Crippen molar-refractivity contribution in [2.75, 3.05) is 20.3 Å². The first-order valence-corrected chi connectivity index (χ1v) is 6.95. The summed E-state index contributed by atoms with van der Waals surface area (Å²) in [4.78, 5) is 26.6. The summed E-state index contributed by atoms with van der Waals surface area (Å²) in [5, 5.41) is 0. The fourth-order valence-electron chi connectivity index (χ4n) is 1.99.